The average molecular weight is 341 g/mol. The molecule has 120 valence electrons. The summed E-state index contributed by atoms with van der Waals surface area (Å²) in [6.45, 7) is 3.81. The van der Waals surface area contributed by atoms with Crippen molar-refractivity contribution in [2.75, 3.05) is 19.6 Å². The van der Waals surface area contributed by atoms with E-state index in [-0.39, 0.29) is 11.9 Å². The molecule has 1 aromatic rings. The number of carbonyl (C=O) groups is 1. The largest absolute Gasteiger partial charge is 0.337 e. The van der Waals surface area contributed by atoms with Crippen LogP contribution in [0.1, 0.15) is 31.2 Å². The summed E-state index contributed by atoms with van der Waals surface area (Å²) >= 11 is 12.3. The maximum atomic E-state index is 12.4. The molecule has 2 heterocycles. The van der Waals surface area contributed by atoms with Crippen LogP contribution in [0.25, 0.3) is 0 Å². The molecule has 0 N–H and O–H groups in total. The Balaban J connectivity index is 1.54. The van der Waals surface area contributed by atoms with E-state index in [0.29, 0.717) is 6.42 Å². The van der Waals surface area contributed by atoms with Crippen molar-refractivity contribution in [1.29, 1.82) is 0 Å². The second-order valence-corrected chi connectivity index (χ2v) is 7.78. The summed E-state index contributed by atoms with van der Waals surface area (Å²) in [4.78, 5) is 16.7. The average Bonchev–Trinajstić information content (AvgIpc) is 2.52. The van der Waals surface area contributed by atoms with Gasteiger partial charge in [0.15, 0.2) is 4.33 Å². The van der Waals surface area contributed by atoms with E-state index in [9.17, 15) is 4.79 Å². The lowest BCUT2D eigenvalue weighted by Gasteiger charge is -2.43. The van der Waals surface area contributed by atoms with Crippen LogP contribution in [0.2, 0.25) is 0 Å². The Morgan fingerprint density at radius 2 is 1.77 bits per heavy atom. The standard InChI is InChI=1S/C17H22Cl2N2O/c18-17(19)9-4-10-21(16(17)22)15-7-11-20(12-8-15)13-14-5-2-1-3-6-14/h1-3,5-6,15H,4,7-13H2. The van der Waals surface area contributed by atoms with Crippen LogP contribution in [-0.4, -0.2) is 45.7 Å². The molecule has 5 heteroatoms. The van der Waals surface area contributed by atoms with Crippen LogP contribution < -0.4 is 0 Å². The third-order valence-corrected chi connectivity index (χ3v) is 5.41. The maximum Gasteiger partial charge on any atom is 0.259 e. The summed E-state index contributed by atoms with van der Waals surface area (Å²) < 4.78 is -1.21. The summed E-state index contributed by atoms with van der Waals surface area (Å²) in [6, 6.07) is 10.8. The highest BCUT2D eigenvalue weighted by Crippen LogP contribution is 2.35. The highest BCUT2D eigenvalue weighted by molar-refractivity contribution is 6.58. The van der Waals surface area contributed by atoms with Crippen molar-refractivity contribution in [3.8, 4) is 0 Å². The number of amides is 1. The summed E-state index contributed by atoms with van der Waals surface area (Å²) in [7, 11) is 0. The number of hydrogen-bond acceptors (Lipinski definition) is 2. The Kier molecular flexibility index (Phi) is 4.96. The van der Waals surface area contributed by atoms with E-state index in [1.54, 1.807) is 0 Å². The number of rotatable bonds is 3. The Bertz CT molecular complexity index is 513. The van der Waals surface area contributed by atoms with E-state index < -0.39 is 4.33 Å². The number of piperidine rings is 2. The quantitative estimate of drug-likeness (QED) is 0.787. The van der Waals surface area contributed by atoms with Gasteiger partial charge in [0.05, 0.1) is 0 Å². The Morgan fingerprint density at radius 1 is 1.09 bits per heavy atom. The van der Waals surface area contributed by atoms with E-state index in [2.05, 4.69) is 29.2 Å². The van der Waals surface area contributed by atoms with Gasteiger partial charge in [0, 0.05) is 32.2 Å². The summed E-state index contributed by atoms with van der Waals surface area (Å²) in [5.74, 6) is -0.0939. The second-order valence-electron chi connectivity index (χ2n) is 6.30. The Morgan fingerprint density at radius 3 is 2.45 bits per heavy atom. The lowest BCUT2D eigenvalue weighted by atomic mass is 9.98. The number of nitrogens with zero attached hydrogens (tertiary/aromatic N) is 2. The minimum absolute atomic E-state index is 0.0939. The van der Waals surface area contributed by atoms with Crippen molar-refractivity contribution in [3.63, 3.8) is 0 Å². The van der Waals surface area contributed by atoms with Crippen molar-refractivity contribution in [2.24, 2.45) is 0 Å². The summed E-state index contributed by atoms with van der Waals surface area (Å²) in [5, 5.41) is 0. The van der Waals surface area contributed by atoms with Crippen molar-refractivity contribution < 1.29 is 4.79 Å². The number of likely N-dealkylation sites (tertiary alicyclic amines) is 2. The number of alkyl halides is 2. The second kappa shape index (κ2) is 6.77. The molecule has 3 nitrogen and oxygen atoms in total. The van der Waals surface area contributed by atoms with Gasteiger partial charge in [-0.3, -0.25) is 9.69 Å². The van der Waals surface area contributed by atoms with E-state index >= 15 is 0 Å². The van der Waals surface area contributed by atoms with E-state index in [1.165, 1.54) is 5.56 Å². The fourth-order valence-electron chi connectivity index (χ4n) is 3.47. The molecule has 22 heavy (non-hydrogen) atoms. The van der Waals surface area contributed by atoms with Gasteiger partial charge in [-0.05, 0) is 31.2 Å². The van der Waals surface area contributed by atoms with Crippen LogP contribution in [0.15, 0.2) is 30.3 Å². The molecule has 0 radical (unpaired) electrons. The minimum atomic E-state index is -1.21. The van der Waals surface area contributed by atoms with Crippen molar-refractivity contribution in [1.82, 2.24) is 9.80 Å². The fraction of sp³-hybridized carbons (Fsp3) is 0.588. The summed E-state index contributed by atoms with van der Waals surface area (Å²) in [5.41, 5.74) is 1.34. The van der Waals surface area contributed by atoms with Gasteiger partial charge in [-0.2, -0.15) is 0 Å². The zero-order valence-corrected chi connectivity index (χ0v) is 14.2. The maximum absolute atomic E-state index is 12.4. The van der Waals surface area contributed by atoms with Gasteiger partial charge >= 0.3 is 0 Å². The van der Waals surface area contributed by atoms with Gasteiger partial charge in [0.2, 0.25) is 0 Å². The molecule has 2 saturated heterocycles. The molecule has 1 aromatic carbocycles. The molecule has 0 spiro atoms. The van der Waals surface area contributed by atoms with Crippen LogP contribution in [-0.2, 0) is 11.3 Å². The normalized spacial score (nSPS) is 23.7. The van der Waals surface area contributed by atoms with Crippen molar-refractivity contribution in [2.45, 2.75) is 42.6 Å². The molecule has 2 fully saturated rings. The highest BCUT2D eigenvalue weighted by Gasteiger charge is 2.43. The van der Waals surface area contributed by atoms with Crippen LogP contribution in [0.3, 0.4) is 0 Å². The lowest BCUT2D eigenvalue weighted by molar-refractivity contribution is -0.137. The van der Waals surface area contributed by atoms with E-state index in [0.717, 1.165) is 45.4 Å². The van der Waals surface area contributed by atoms with Crippen LogP contribution in [0.4, 0.5) is 0 Å². The van der Waals surface area contributed by atoms with Gasteiger partial charge < -0.3 is 4.90 Å². The van der Waals surface area contributed by atoms with Gasteiger partial charge in [-0.1, -0.05) is 53.5 Å². The molecule has 0 unspecified atom stereocenters. The first-order valence-electron chi connectivity index (χ1n) is 8.01. The highest BCUT2D eigenvalue weighted by atomic mass is 35.5. The molecule has 0 saturated carbocycles. The van der Waals surface area contributed by atoms with Gasteiger partial charge in [-0.15, -0.1) is 0 Å². The Hall–Kier alpha value is -0.770. The van der Waals surface area contributed by atoms with Gasteiger partial charge in [0.1, 0.15) is 0 Å². The van der Waals surface area contributed by atoms with Crippen LogP contribution >= 0.6 is 23.2 Å². The zero-order chi connectivity index (χ0) is 15.6. The van der Waals surface area contributed by atoms with Crippen LogP contribution in [0.5, 0.6) is 0 Å². The monoisotopic (exact) mass is 340 g/mol. The molecule has 0 aromatic heterocycles. The number of benzene rings is 1. The third-order valence-electron chi connectivity index (χ3n) is 4.71. The van der Waals surface area contributed by atoms with E-state index in [1.807, 2.05) is 11.0 Å². The predicted molar refractivity (Wildman–Crippen MR) is 90.1 cm³/mol. The lowest BCUT2D eigenvalue weighted by Crippen LogP contribution is -2.54. The first-order valence-corrected chi connectivity index (χ1v) is 8.77. The third kappa shape index (κ3) is 3.58. The molecule has 1 amide bonds. The van der Waals surface area contributed by atoms with Gasteiger partial charge in [0.25, 0.3) is 5.91 Å². The first-order chi connectivity index (χ1) is 10.6. The summed E-state index contributed by atoms with van der Waals surface area (Å²) in [6.07, 6.45) is 3.46. The van der Waals surface area contributed by atoms with Crippen molar-refractivity contribution in [3.05, 3.63) is 35.9 Å². The smallest absolute Gasteiger partial charge is 0.259 e. The van der Waals surface area contributed by atoms with E-state index in [4.69, 9.17) is 23.2 Å². The predicted octanol–water partition coefficient (Wildman–Crippen LogP) is 3.45. The molecule has 2 aliphatic heterocycles. The van der Waals surface area contributed by atoms with Crippen LogP contribution in [0, 0.1) is 0 Å². The molecule has 0 atom stereocenters. The molecule has 0 bridgehead atoms. The molecular weight excluding hydrogens is 319 g/mol. The number of hydrogen-bond donors (Lipinski definition) is 0. The number of halogens is 2. The van der Waals surface area contributed by atoms with Gasteiger partial charge in [-0.25, -0.2) is 0 Å². The number of carbonyl (C=O) groups excluding carboxylic acids is 1. The fourth-order valence-corrected chi connectivity index (χ4v) is 3.95. The zero-order valence-electron chi connectivity index (χ0n) is 12.7. The van der Waals surface area contributed by atoms with Crippen molar-refractivity contribution >= 4 is 29.1 Å². The Labute approximate surface area is 142 Å². The topological polar surface area (TPSA) is 23.6 Å². The minimum Gasteiger partial charge on any atom is -0.337 e. The first kappa shape index (κ1) is 16.1. The SMILES string of the molecule is O=C1N(C2CCN(Cc3ccccc3)CC2)CCCC1(Cl)Cl. The molecule has 0 aliphatic carbocycles. The molecule has 2 aliphatic rings. The molecule has 3 rings (SSSR count). The molecular formula is C17H22Cl2N2O.